The third kappa shape index (κ3) is 6.82. The molecule has 1 heterocycles. The first-order chi connectivity index (χ1) is 17.9. The third-order valence-electron chi connectivity index (χ3n) is 5.51. The summed E-state index contributed by atoms with van der Waals surface area (Å²) in [6, 6.07) is 28.0. The molecule has 1 aliphatic rings. The Bertz CT molecular complexity index is 1380. The standard InChI is InChI=1S/C16H14ClNO2.C13H10ClNO2/c17-13-7-8-14-15(11-13)20-10-4-9-18(14)16(19)12-5-2-1-3-6-12;14-10-6-7-11(12(16)8-10)15-13(17)9-4-2-1-3-5-9/h1-3,5-8,11H,4,9-10H2;1-8,16H,(H,15,17). The quantitative estimate of drug-likeness (QED) is 0.275. The van der Waals surface area contributed by atoms with Gasteiger partial charge in [-0.05, 0) is 55.0 Å². The van der Waals surface area contributed by atoms with Crippen molar-refractivity contribution in [1.29, 1.82) is 0 Å². The first kappa shape index (κ1) is 26.1. The van der Waals surface area contributed by atoms with E-state index >= 15 is 0 Å². The SMILES string of the molecule is O=C(Nc1ccc(Cl)cc1O)c1ccccc1.O=C(c1ccccc1)N1CCCOc2cc(Cl)ccc21. The van der Waals surface area contributed by atoms with Crippen LogP contribution in [0.15, 0.2) is 97.1 Å². The van der Waals surface area contributed by atoms with E-state index in [1.165, 1.54) is 6.07 Å². The summed E-state index contributed by atoms with van der Waals surface area (Å²) in [5, 5.41) is 13.2. The van der Waals surface area contributed by atoms with Crippen LogP contribution in [0.5, 0.6) is 11.5 Å². The summed E-state index contributed by atoms with van der Waals surface area (Å²) in [7, 11) is 0. The van der Waals surface area contributed by atoms with Crippen LogP contribution in [0, 0.1) is 0 Å². The first-order valence-corrected chi connectivity index (χ1v) is 12.3. The van der Waals surface area contributed by atoms with Crippen LogP contribution in [0.3, 0.4) is 0 Å². The average molecular weight is 535 g/mol. The molecule has 2 N–H and O–H groups in total. The van der Waals surface area contributed by atoms with E-state index in [9.17, 15) is 14.7 Å². The Morgan fingerprint density at radius 1 is 0.811 bits per heavy atom. The number of fused-ring (bicyclic) bond motifs is 1. The molecule has 0 spiro atoms. The molecule has 4 aromatic carbocycles. The predicted molar refractivity (Wildman–Crippen MR) is 147 cm³/mol. The van der Waals surface area contributed by atoms with E-state index in [0.717, 1.165) is 12.1 Å². The molecule has 0 atom stereocenters. The van der Waals surface area contributed by atoms with Gasteiger partial charge < -0.3 is 20.1 Å². The molecule has 0 unspecified atom stereocenters. The van der Waals surface area contributed by atoms with Gasteiger partial charge in [-0.2, -0.15) is 0 Å². The molecular formula is C29H24Cl2N2O4. The smallest absolute Gasteiger partial charge is 0.258 e. The summed E-state index contributed by atoms with van der Waals surface area (Å²) in [4.78, 5) is 26.2. The molecule has 4 aromatic rings. The van der Waals surface area contributed by atoms with E-state index in [1.54, 1.807) is 53.4 Å². The molecule has 0 saturated heterocycles. The van der Waals surface area contributed by atoms with Crippen LogP contribution in [0.2, 0.25) is 10.0 Å². The summed E-state index contributed by atoms with van der Waals surface area (Å²) in [6.07, 6.45) is 0.797. The molecule has 0 saturated carbocycles. The summed E-state index contributed by atoms with van der Waals surface area (Å²) in [5.41, 5.74) is 2.32. The third-order valence-corrected chi connectivity index (χ3v) is 5.98. The Labute approximate surface area is 225 Å². The van der Waals surface area contributed by atoms with Gasteiger partial charge in [0.1, 0.15) is 11.5 Å². The fourth-order valence-corrected chi connectivity index (χ4v) is 4.02. The lowest BCUT2D eigenvalue weighted by Gasteiger charge is -2.22. The molecule has 1 aliphatic heterocycles. The van der Waals surface area contributed by atoms with Gasteiger partial charge in [-0.15, -0.1) is 0 Å². The van der Waals surface area contributed by atoms with Crippen LogP contribution < -0.4 is 15.0 Å². The number of aromatic hydroxyl groups is 1. The van der Waals surface area contributed by atoms with Gasteiger partial charge in [0.2, 0.25) is 0 Å². The number of phenolic OH excluding ortho intramolecular Hbond substituents is 1. The van der Waals surface area contributed by atoms with Gasteiger partial charge in [-0.1, -0.05) is 59.6 Å². The Morgan fingerprint density at radius 3 is 2.11 bits per heavy atom. The Morgan fingerprint density at radius 2 is 1.43 bits per heavy atom. The molecule has 0 bridgehead atoms. The summed E-state index contributed by atoms with van der Waals surface area (Å²) >= 11 is 11.7. The molecule has 0 radical (unpaired) electrons. The number of hydrogen-bond donors (Lipinski definition) is 2. The highest BCUT2D eigenvalue weighted by atomic mass is 35.5. The largest absolute Gasteiger partial charge is 0.506 e. The maximum atomic E-state index is 12.6. The fraction of sp³-hybridized carbons (Fsp3) is 0.103. The maximum absolute atomic E-state index is 12.6. The molecule has 0 aromatic heterocycles. The van der Waals surface area contributed by atoms with Gasteiger partial charge in [0.25, 0.3) is 11.8 Å². The zero-order chi connectivity index (χ0) is 26.2. The summed E-state index contributed by atoms with van der Waals surface area (Å²) < 4.78 is 5.67. The van der Waals surface area contributed by atoms with Crippen LogP contribution in [-0.4, -0.2) is 30.1 Å². The Hall–Kier alpha value is -4.00. The van der Waals surface area contributed by atoms with Crippen molar-refractivity contribution < 1.29 is 19.4 Å². The minimum absolute atomic E-state index is 0.0142. The summed E-state index contributed by atoms with van der Waals surface area (Å²) in [5.74, 6) is 0.323. The van der Waals surface area contributed by atoms with Crippen LogP contribution in [0.1, 0.15) is 27.1 Å². The zero-order valence-electron chi connectivity index (χ0n) is 19.7. The molecule has 8 heteroatoms. The van der Waals surface area contributed by atoms with E-state index in [0.29, 0.717) is 45.8 Å². The van der Waals surface area contributed by atoms with Gasteiger partial charge in [0, 0.05) is 39.8 Å². The van der Waals surface area contributed by atoms with Crippen molar-refractivity contribution in [1.82, 2.24) is 0 Å². The average Bonchev–Trinajstić information content (AvgIpc) is 3.13. The van der Waals surface area contributed by atoms with E-state index in [4.69, 9.17) is 27.9 Å². The number of hydrogen-bond acceptors (Lipinski definition) is 4. The van der Waals surface area contributed by atoms with E-state index in [-0.39, 0.29) is 17.6 Å². The van der Waals surface area contributed by atoms with Gasteiger partial charge in [-0.25, -0.2) is 0 Å². The number of nitrogens with one attached hydrogen (secondary N) is 1. The van der Waals surface area contributed by atoms with E-state index in [2.05, 4.69) is 5.32 Å². The van der Waals surface area contributed by atoms with Crippen LogP contribution in [0.25, 0.3) is 0 Å². The molecule has 6 nitrogen and oxygen atoms in total. The molecular weight excluding hydrogens is 511 g/mol. The molecule has 37 heavy (non-hydrogen) atoms. The van der Waals surface area contributed by atoms with Crippen LogP contribution >= 0.6 is 23.2 Å². The molecule has 188 valence electrons. The molecule has 0 fully saturated rings. The number of phenols is 1. The minimum Gasteiger partial charge on any atom is -0.506 e. The number of nitrogens with zero attached hydrogens (tertiary/aromatic N) is 1. The second kappa shape index (κ2) is 12.3. The van der Waals surface area contributed by atoms with Gasteiger partial charge >= 0.3 is 0 Å². The highest BCUT2D eigenvalue weighted by Gasteiger charge is 2.23. The van der Waals surface area contributed by atoms with Crippen LogP contribution in [0.4, 0.5) is 11.4 Å². The number of rotatable bonds is 3. The number of benzene rings is 4. The zero-order valence-corrected chi connectivity index (χ0v) is 21.2. The van der Waals surface area contributed by atoms with Crippen LogP contribution in [-0.2, 0) is 0 Å². The second-order valence-electron chi connectivity index (χ2n) is 8.12. The van der Waals surface area contributed by atoms with E-state index < -0.39 is 0 Å². The Balaban J connectivity index is 0.000000176. The summed E-state index contributed by atoms with van der Waals surface area (Å²) in [6.45, 7) is 1.23. The normalized spacial score (nSPS) is 12.2. The van der Waals surface area contributed by atoms with Gasteiger partial charge in [-0.3, -0.25) is 9.59 Å². The fourth-order valence-electron chi connectivity index (χ4n) is 3.69. The topological polar surface area (TPSA) is 78.9 Å². The van der Waals surface area contributed by atoms with Crippen molar-refractivity contribution in [2.75, 3.05) is 23.4 Å². The molecule has 0 aliphatic carbocycles. The molecule has 2 amide bonds. The highest BCUT2D eigenvalue weighted by molar-refractivity contribution is 6.31. The van der Waals surface area contributed by atoms with Crippen molar-refractivity contribution in [2.45, 2.75) is 6.42 Å². The molecule has 5 rings (SSSR count). The predicted octanol–water partition coefficient (Wildman–Crippen LogP) is 7.07. The van der Waals surface area contributed by atoms with E-state index in [1.807, 2.05) is 42.5 Å². The number of carbonyl (C=O) groups is 2. The number of ether oxygens (including phenoxy) is 1. The van der Waals surface area contributed by atoms with Gasteiger partial charge in [0.05, 0.1) is 18.0 Å². The Kier molecular flexibility index (Phi) is 8.67. The maximum Gasteiger partial charge on any atom is 0.258 e. The number of halogens is 2. The minimum atomic E-state index is -0.275. The number of anilines is 2. The number of carbonyl (C=O) groups excluding carboxylic acids is 2. The van der Waals surface area contributed by atoms with Crippen molar-refractivity contribution >= 4 is 46.4 Å². The lowest BCUT2D eigenvalue weighted by molar-refractivity contribution is 0.0985. The lowest BCUT2D eigenvalue weighted by Crippen LogP contribution is -2.31. The highest BCUT2D eigenvalue weighted by Crippen LogP contribution is 2.34. The number of amides is 2. The van der Waals surface area contributed by atoms with Crippen molar-refractivity contribution in [3.8, 4) is 11.5 Å². The monoisotopic (exact) mass is 534 g/mol. The first-order valence-electron chi connectivity index (χ1n) is 11.6. The lowest BCUT2D eigenvalue weighted by atomic mass is 10.1. The van der Waals surface area contributed by atoms with Crippen molar-refractivity contribution in [2.24, 2.45) is 0 Å². The van der Waals surface area contributed by atoms with Crippen molar-refractivity contribution in [3.63, 3.8) is 0 Å². The van der Waals surface area contributed by atoms with Gasteiger partial charge in [0.15, 0.2) is 0 Å². The van der Waals surface area contributed by atoms with Crippen molar-refractivity contribution in [3.05, 3.63) is 118 Å². The second-order valence-corrected chi connectivity index (χ2v) is 8.99.